The first-order valence-corrected chi connectivity index (χ1v) is 8.95. The third kappa shape index (κ3) is 4.11. The normalized spacial score (nSPS) is 17.3. The number of methoxy groups -OCH3 is 1. The molecule has 1 fully saturated rings. The maximum absolute atomic E-state index is 12.6. The van der Waals surface area contributed by atoms with E-state index in [-0.39, 0.29) is 12.8 Å². The van der Waals surface area contributed by atoms with E-state index in [1.165, 1.54) is 7.11 Å². The van der Waals surface area contributed by atoms with E-state index in [1.807, 2.05) is 37.3 Å². The van der Waals surface area contributed by atoms with E-state index < -0.39 is 12.1 Å². The van der Waals surface area contributed by atoms with Crippen LogP contribution in [-0.2, 0) is 9.47 Å². The minimum Gasteiger partial charge on any atom is -0.455 e. The smallest absolute Gasteiger partial charge is 0.338 e. The second-order valence-corrected chi connectivity index (χ2v) is 6.51. The third-order valence-corrected chi connectivity index (χ3v) is 4.67. The van der Waals surface area contributed by atoms with Gasteiger partial charge < -0.3 is 14.4 Å². The van der Waals surface area contributed by atoms with Gasteiger partial charge in [-0.05, 0) is 41.5 Å². The summed E-state index contributed by atoms with van der Waals surface area (Å²) in [6.07, 6.45) is 1.39. The lowest BCUT2D eigenvalue weighted by molar-refractivity contribution is -0.0204. The lowest BCUT2D eigenvalue weighted by Gasteiger charge is -2.38. The van der Waals surface area contributed by atoms with Gasteiger partial charge in [-0.15, -0.1) is 0 Å². The first kappa shape index (κ1) is 18.9. The van der Waals surface area contributed by atoms with Gasteiger partial charge in [0, 0.05) is 13.7 Å². The summed E-state index contributed by atoms with van der Waals surface area (Å²) < 4.78 is 10.8. The summed E-state index contributed by atoms with van der Waals surface area (Å²) in [4.78, 5) is 28.1. The van der Waals surface area contributed by atoms with Crippen molar-refractivity contribution in [1.29, 1.82) is 0 Å². The van der Waals surface area contributed by atoms with Crippen LogP contribution in [0.25, 0.3) is 16.8 Å². The Labute approximate surface area is 159 Å². The zero-order valence-electron chi connectivity index (χ0n) is 15.7. The lowest BCUT2D eigenvalue weighted by Crippen LogP contribution is -2.56. The molecule has 0 spiro atoms. The molecule has 1 unspecified atom stereocenters. The van der Waals surface area contributed by atoms with Gasteiger partial charge in [0.2, 0.25) is 0 Å². The number of likely N-dealkylation sites (N-methyl/N-ethyl adjacent to an activating group) is 1. The summed E-state index contributed by atoms with van der Waals surface area (Å²) >= 11 is 0. The van der Waals surface area contributed by atoms with Crippen LogP contribution in [-0.4, -0.2) is 61.4 Å². The molecule has 0 bridgehead atoms. The second-order valence-electron chi connectivity index (χ2n) is 6.51. The fraction of sp³-hybridized carbons (Fsp3) is 0.333. The van der Waals surface area contributed by atoms with Gasteiger partial charge >= 0.3 is 12.0 Å². The van der Waals surface area contributed by atoms with Gasteiger partial charge in [-0.1, -0.05) is 30.9 Å². The van der Waals surface area contributed by atoms with Crippen molar-refractivity contribution < 1.29 is 19.1 Å². The topological polar surface area (TPSA) is 59.1 Å². The van der Waals surface area contributed by atoms with Crippen molar-refractivity contribution in [2.24, 2.45) is 0 Å². The van der Waals surface area contributed by atoms with Gasteiger partial charge in [-0.25, -0.2) is 9.59 Å². The van der Waals surface area contributed by atoms with E-state index in [0.29, 0.717) is 25.2 Å². The van der Waals surface area contributed by atoms with Crippen LogP contribution < -0.4 is 0 Å². The van der Waals surface area contributed by atoms with E-state index in [1.54, 1.807) is 21.9 Å². The molecule has 6 nitrogen and oxygen atoms in total. The van der Waals surface area contributed by atoms with Crippen LogP contribution >= 0.6 is 0 Å². The largest absolute Gasteiger partial charge is 0.455 e. The van der Waals surface area contributed by atoms with E-state index in [4.69, 9.17) is 9.47 Å². The number of carbonyl (C=O) groups is 2. The first-order chi connectivity index (χ1) is 13.0. The van der Waals surface area contributed by atoms with Crippen LogP contribution in [0, 0.1) is 0 Å². The van der Waals surface area contributed by atoms with Gasteiger partial charge in [0.15, 0.2) is 0 Å². The Bertz CT molecular complexity index is 864. The lowest BCUT2D eigenvalue weighted by atomic mass is 10.0. The molecule has 0 aromatic heterocycles. The SMILES string of the molecule is C=Cc1ccc2cc(C(=O)OC3CN(CC)C(=O)N(COC)C3)ccc2c1. The zero-order chi connectivity index (χ0) is 19.4. The van der Waals surface area contributed by atoms with E-state index in [9.17, 15) is 9.59 Å². The molecule has 2 aromatic rings. The molecular weight excluding hydrogens is 344 g/mol. The molecule has 0 saturated carbocycles. The van der Waals surface area contributed by atoms with Gasteiger partial charge in [0.1, 0.15) is 12.8 Å². The Morgan fingerprint density at radius 3 is 2.59 bits per heavy atom. The molecule has 6 heteroatoms. The Morgan fingerprint density at radius 2 is 1.89 bits per heavy atom. The van der Waals surface area contributed by atoms with Gasteiger partial charge in [-0.2, -0.15) is 0 Å². The summed E-state index contributed by atoms with van der Waals surface area (Å²) in [6, 6.07) is 11.3. The van der Waals surface area contributed by atoms with Crippen molar-refractivity contribution >= 4 is 28.8 Å². The third-order valence-electron chi connectivity index (χ3n) is 4.67. The fourth-order valence-electron chi connectivity index (χ4n) is 3.25. The molecule has 3 rings (SSSR count). The molecule has 27 heavy (non-hydrogen) atoms. The summed E-state index contributed by atoms with van der Waals surface area (Å²) in [5.74, 6) is -0.391. The number of benzene rings is 2. The van der Waals surface area contributed by atoms with E-state index in [0.717, 1.165) is 16.3 Å². The molecule has 2 aromatic carbocycles. The average molecular weight is 368 g/mol. The van der Waals surface area contributed by atoms with Crippen LogP contribution in [0.2, 0.25) is 0 Å². The predicted molar refractivity (Wildman–Crippen MR) is 104 cm³/mol. The molecule has 142 valence electrons. The van der Waals surface area contributed by atoms with Gasteiger partial charge in [0.05, 0.1) is 18.7 Å². The number of hydrogen-bond acceptors (Lipinski definition) is 4. The maximum atomic E-state index is 12.6. The van der Waals surface area contributed by atoms with Crippen LogP contribution in [0.15, 0.2) is 43.0 Å². The molecule has 1 atom stereocenters. The summed E-state index contributed by atoms with van der Waals surface area (Å²) in [5.41, 5.74) is 1.52. The molecule has 1 heterocycles. The Hall–Kier alpha value is -2.86. The number of esters is 1. The highest BCUT2D eigenvalue weighted by atomic mass is 16.5. The maximum Gasteiger partial charge on any atom is 0.338 e. The van der Waals surface area contributed by atoms with Crippen LogP contribution in [0.5, 0.6) is 0 Å². The summed E-state index contributed by atoms with van der Waals surface area (Å²) in [7, 11) is 1.53. The molecule has 0 aliphatic carbocycles. The Balaban J connectivity index is 1.75. The van der Waals surface area contributed by atoms with E-state index in [2.05, 4.69) is 6.58 Å². The standard InChI is InChI=1S/C21H24N2O4/c1-4-15-6-7-17-11-18(9-8-16(17)10-15)20(24)27-19-12-22(5-2)21(25)23(13-19)14-26-3/h4,6-11,19H,1,5,12-14H2,2-3H3. The van der Waals surface area contributed by atoms with Crippen molar-refractivity contribution in [2.75, 3.05) is 33.5 Å². The van der Waals surface area contributed by atoms with Crippen LogP contribution in [0.4, 0.5) is 4.79 Å². The van der Waals surface area contributed by atoms with E-state index >= 15 is 0 Å². The molecule has 1 aliphatic rings. The monoisotopic (exact) mass is 368 g/mol. The minimum absolute atomic E-state index is 0.102. The van der Waals surface area contributed by atoms with Gasteiger partial charge in [-0.3, -0.25) is 4.90 Å². The van der Waals surface area contributed by atoms with Crippen molar-refractivity contribution in [3.8, 4) is 0 Å². The molecule has 0 N–H and O–H groups in total. The van der Waals surface area contributed by atoms with Crippen molar-refractivity contribution in [3.63, 3.8) is 0 Å². The second kappa shape index (κ2) is 8.22. The number of amides is 2. The molecule has 1 saturated heterocycles. The molecule has 0 radical (unpaired) electrons. The summed E-state index contributed by atoms with van der Waals surface area (Å²) in [5, 5.41) is 2.00. The number of fused-ring (bicyclic) bond motifs is 1. The summed E-state index contributed by atoms with van der Waals surface area (Å²) in [6.45, 7) is 7.10. The molecular formula is C21H24N2O4. The predicted octanol–water partition coefficient (Wildman–Crippen LogP) is 3.37. The number of rotatable bonds is 6. The number of nitrogens with zero attached hydrogens (tertiary/aromatic N) is 2. The average Bonchev–Trinajstić information content (AvgIpc) is 2.69. The Morgan fingerprint density at radius 1 is 1.19 bits per heavy atom. The molecule has 1 aliphatic heterocycles. The zero-order valence-corrected chi connectivity index (χ0v) is 15.7. The van der Waals surface area contributed by atoms with Crippen molar-refractivity contribution in [2.45, 2.75) is 13.0 Å². The highest BCUT2D eigenvalue weighted by Gasteiger charge is 2.33. The number of hydrogen-bond donors (Lipinski definition) is 0. The fourth-order valence-corrected chi connectivity index (χ4v) is 3.25. The Kier molecular flexibility index (Phi) is 5.76. The van der Waals surface area contributed by atoms with Gasteiger partial charge in [0.25, 0.3) is 0 Å². The number of urea groups is 1. The quantitative estimate of drug-likeness (QED) is 0.734. The van der Waals surface area contributed by atoms with Crippen molar-refractivity contribution in [3.05, 3.63) is 54.1 Å². The highest BCUT2D eigenvalue weighted by molar-refractivity contribution is 5.96. The number of carbonyl (C=O) groups excluding carboxylic acids is 2. The highest BCUT2D eigenvalue weighted by Crippen LogP contribution is 2.20. The molecule has 2 amide bonds. The first-order valence-electron chi connectivity index (χ1n) is 8.95. The minimum atomic E-state index is -0.399. The number of ether oxygens (including phenoxy) is 2. The van der Waals surface area contributed by atoms with Crippen molar-refractivity contribution in [1.82, 2.24) is 9.80 Å². The van der Waals surface area contributed by atoms with Crippen LogP contribution in [0.3, 0.4) is 0 Å². The van der Waals surface area contributed by atoms with Crippen LogP contribution in [0.1, 0.15) is 22.8 Å².